The van der Waals surface area contributed by atoms with Crippen LogP contribution in [0.25, 0.3) is 0 Å². The van der Waals surface area contributed by atoms with Crippen molar-refractivity contribution >= 4 is 11.8 Å². The summed E-state index contributed by atoms with van der Waals surface area (Å²) in [6.45, 7) is 4.11. The number of nitrogens with one attached hydrogen (secondary N) is 1. The molecule has 1 rings (SSSR count). The van der Waals surface area contributed by atoms with Gasteiger partial charge in [0, 0.05) is 32.6 Å². The molecule has 1 saturated heterocycles. The van der Waals surface area contributed by atoms with E-state index in [9.17, 15) is 9.59 Å². The first kappa shape index (κ1) is 13.0. The molecular formula is C11H21N3O2. The Hall–Kier alpha value is -1.10. The molecule has 0 bridgehead atoms. The molecule has 0 aliphatic carbocycles. The lowest BCUT2D eigenvalue weighted by Gasteiger charge is -2.24. The molecule has 0 spiro atoms. The van der Waals surface area contributed by atoms with Crippen molar-refractivity contribution in [3.05, 3.63) is 0 Å². The minimum atomic E-state index is -0.0850. The van der Waals surface area contributed by atoms with Crippen LogP contribution in [0.1, 0.15) is 26.2 Å². The van der Waals surface area contributed by atoms with Crippen molar-refractivity contribution in [2.24, 2.45) is 11.7 Å². The topological polar surface area (TPSA) is 75.4 Å². The fourth-order valence-corrected chi connectivity index (χ4v) is 1.94. The van der Waals surface area contributed by atoms with Crippen molar-refractivity contribution in [3.8, 4) is 0 Å². The van der Waals surface area contributed by atoms with Crippen LogP contribution < -0.4 is 11.1 Å². The van der Waals surface area contributed by atoms with E-state index in [1.165, 1.54) is 0 Å². The molecule has 2 amide bonds. The van der Waals surface area contributed by atoms with Crippen LogP contribution in [0.4, 0.5) is 0 Å². The number of rotatable bonds is 4. The summed E-state index contributed by atoms with van der Waals surface area (Å²) < 4.78 is 0. The van der Waals surface area contributed by atoms with E-state index >= 15 is 0 Å². The van der Waals surface area contributed by atoms with Crippen LogP contribution in [0.15, 0.2) is 0 Å². The van der Waals surface area contributed by atoms with Crippen LogP contribution in [0.3, 0.4) is 0 Å². The Bertz CT molecular complexity index is 256. The fraction of sp³-hybridized carbons (Fsp3) is 0.818. The number of amides is 2. The molecule has 0 aromatic heterocycles. The fourth-order valence-electron chi connectivity index (χ4n) is 1.94. The summed E-state index contributed by atoms with van der Waals surface area (Å²) in [5.74, 6) is 0.0362. The number of hydrogen-bond acceptors (Lipinski definition) is 3. The molecule has 92 valence electrons. The molecule has 0 saturated carbocycles. The average Bonchev–Trinajstić information content (AvgIpc) is 2.50. The van der Waals surface area contributed by atoms with E-state index in [1.807, 2.05) is 6.92 Å². The molecule has 5 heteroatoms. The molecular weight excluding hydrogens is 206 g/mol. The van der Waals surface area contributed by atoms with Gasteiger partial charge in [0.1, 0.15) is 0 Å². The van der Waals surface area contributed by atoms with E-state index in [4.69, 9.17) is 5.73 Å². The molecule has 0 radical (unpaired) electrons. The van der Waals surface area contributed by atoms with Crippen molar-refractivity contribution in [1.82, 2.24) is 10.2 Å². The monoisotopic (exact) mass is 227 g/mol. The SMILES string of the molecule is CCCC(CN)C(=O)N1CCNC(=O)CC1. The number of nitrogens with two attached hydrogens (primary N) is 1. The van der Waals surface area contributed by atoms with E-state index in [2.05, 4.69) is 5.32 Å². The van der Waals surface area contributed by atoms with Gasteiger partial charge in [-0.25, -0.2) is 0 Å². The Morgan fingerprint density at radius 2 is 2.31 bits per heavy atom. The largest absolute Gasteiger partial charge is 0.354 e. The first-order valence-corrected chi connectivity index (χ1v) is 5.94. The zero-order chi connectivity index (χ0) is 12.0. The third-order valence-corrected chi connectivity index (χ3v) is 2.90. The number of carbonyl (C=O) groups excluding carboxylic acids is 2. The van der Waals surface area contributed by atoms with E-state index in [1.54, 1.807) is 4.90 Å². The van der Waals surface area contributed by atoms with Gasteiger partial charge < -0.3 is 16.0 Å². The van der Waals surface area contributed by atoms with Gasteiger partial charge in [-0.3, -0.25) is 9.59 Å². The van der Waals surface area contributed by atoms with Gasteiger partial charge in [-0.05, 0) is 6.42 Å². The van der Waals surface area contributed by atoms with Gasteiger partial charge in [0.2, 0.25) is 11.8 Å². The zero-order valence-electron chi connectivity index (χ0n) is 9.87. The second kappa shape index (κ2) is 6.48. The molecule has 1 heterocycles. The van der Waals surface area contributed by atoms with E-state index in [-0.39, 0.29) is 17.7 Å². The van der Waals surface area contributed by atoms with Gasteiger partial charge in [-0.1, -0.05) is 13.3 Å². The zero-order valence-corrected chi connectivity index (χ0v) is 9.87. The molecule has 3 N–H and O–H groups in total. The summed E-state index contributed by atoms with van der Waals surface area (Å²) in [6, 6.07) is 0. The highest BCUT2D eigenvalue weighted by Crippen LogP contribution is 2.10. The third kappa shape index (κ3) is 3.48. The molecule has 1 aliphatic heterocycles. The van der Waals surface area contributed by atoms with Crippen LogP contribution in [-0.2, 0) is 9.59 Å². The molecule has 1 aliphatic rings. The summed E-state index contributed by atoms with van der Waals surface area (Å²) in [5, 5.41) is 2.75. The summed E-state index contributed by atoms with van der Waals surface area (Å²) in [4.78, 5) is 25.0. The van der Waals surface area contributed by atoms with Crippen LogP contribution in [0.2, 0.25) is 0 Å². The van der Waals surface area contributed by atoms with Crippen molar-refractivity contribution in [2.45, 2.75) is 26.2 Å². The second-order valence-corrected chi connectivity index (χ2v) is 4.15. The molecule has 1 fully saturated rings. The van der Waals surface area contributed by atoms with Crippen LogP contribution in [0, 0.1) is 5.92 Å². The summed E-state index contributed by atoms with van der Waals surface area (Å²) >= 11 is 0. The van der Waals surface area contributed by atoms with Crippen LogP contribution in [-0.4, -0.2) is 42.9 Å². The molecule has 1 unspecified atom stereocenters. The van der Waals surface area contributed by atoms with Gasteiger partial charge in [0.15, 0.2) is 0 Å². The van der Waals surface area contributed by atoms with Crippen LogP contribution in [0.5, 0.6) is 0 Å². The van der Waals surface area contributed by atoms with E-state index in [0.29, 0.717) is 32.6 Å². The van der Waals surface area contributed by atoms with E-state index < -0.39 is 0 Å². The van der Waals surface area contributed by atoms with Crippen molar-refractivity contribution in [2.75, 3.05) is 26.2 Å². The van der Waals surface area contributed by atoms with Crippen molar-refractivity contribution in [3.63, 3.8) is 0 Å². The summed E-state index contributed by atoms with van der Waals surface area (Å²) in [5.41, 5.74) is 5.60. The van der Waals surface area contributed by atoms with Crippen LogP contribution >= 0.6 is 0 Å². The Morgan fingerprint density at radius 3 is 2.94 bits per heavy atom. The Morgan fingerprint density at radius 1 is 1.56 bits per heavy atom. The van der Waals surface area contributed by atoms with Crippen molar-refractivity contribution < 1.29 is 9.59 Å². The third-order valence-electron chi connectivity index (χ3n) is 2.90. The van der Waals surface area contributed by atoms with Gasteiger partial charge in [0.05, 0.1) is 5.92 Å². The van der Waals surface area contributed by atoms with Gasteiger partial charge in [-0.15, -0.1) is 0 Å². The maximum absolute atomic E-state index is 12.1. The minimum absolute atomic E-state index is 0.0232. The lowest BCUT2D eigenvalue weighted by molar-refractivity contribution is -0.135. The maximum Gasteiger partial charge on any atom is 0.227 e. The van der Waals surface area contributed by atoms with E-state index in [0.717, 1.165) is 12.8 Å². The molecule has 1 atom stereocenters. The summed E-state index contributed by atoms with van der Waals surface area (Å²) in [7, 11) is 0. The first-order valence-electron chi connectivity index (χ1n) is 5.94. The molecule has 16 heavy (non-hydrogen) atoms. The van der Waals surface area contributed by atoms with Crippen molar-refractivity contribution in [1.29, 1.82) is 0 Å². The predicted octanol–water partition coefficient (Wildman–Crippen LogP) is -0.290. The number of nitrogens with zero attached hydrogens (tertiary/aromatic N) is 1. The smallest absolute Gasteiger partial charge is 0.227 e. The Kier molecular flexibility index (Phi) is 5.25. The second-order valence-electron chi connectivity index (χ2n) is 4.15. The lowest BCUT2D eigenvalue weighted by Crippen LogP contribution is -2.40. The number of hydrogen-bond donors (Lipinski definition) is 2. The molecule has 0 aromatic rings. The molecule has 0 aromatic carbocycles. The summed E-state index contributed by atoms with van der Waals surface area (Å²) in [6.07, 6.45) is 2.18. The maximum atomic E-state index is 12.1. The Labute approximate surface area is 96.4 Å². The van der Waals surface area contributed by atoms with Gasteiger partial charge in [-0.2, -0.15) is 0 Å². The van der Waals surface area contributed by atoms with Gasteiger partial charge >= 0.3 is 0 Å². The number of carbonyl (C=O) groups is 2. The lowest BCUT2D eigenvalue weighted by atomic mass is 10.0. The Balaban J connectivity index is 2.54. The standard InChI is InChI=1S/C11H21N3O2/c1-2-3-9(8-12)11(16)14-6-4-10(15)13-5-7-14/h9H,2-8,12H2,1H3,(H,13,15). The predicted molar refractivity (Wildman–Crippen MR) is 61.7 cm³/mol. The minimum Gasteiger partial charge on any atom is -0.354 e. The highest BCUT2D eigenvalue weighted by Gasteiger charge is 2.24. The first-order chi connectivity index (χ1) is 7.69. The highest BCUT2D eigenvalue weighted by molar-refractivity contribution is 5.81. The van der Waals surface area contributed by atoms with Gasteiger partial charge in [0.25, 0.3) is 0 Å². The quantitative estimate of drug-likeness (QED) is 0.693. The molecule has 5 nitrogen and oxygen atoms in total. The normalized spacial score (nSPS) is 18.9. The highest BCUT2D eigenvalue weighted by atomic mass is 16.2. The average molecular weight is 227 g/mol.